The van der Waals surface area contributed by atoms with Gasteiger partial charge in [0, 0.05) is 0 Å². The molecule has 0 heterocycles. The maximum absolute atomic E-state index is 13.1. The van der Waals surface area contributed by atoms with Crippen LogP contribution < -0.4 is 10.1 Å². The number of carbonyl (C=O) groups is 1. The van der Waals surface area contributed by atoms with Crippen LogP contribution >= 0.6 is 0 Å². The maximum atomic E-state index is 13.1. The summed E-state index contributed by atoms with van der Waals surface area (Å²) in [5, 5.41) is 12.2. The van der Waals surface area contributed by atoms with Crippen molar-refractivity contribution in [3.8, 4) is 5.75 Å². The Labute approximate surface area is 152 Å². The molecule has 0 fully saturated rings. The van der Waals surface area contributed by atoms with Crippen LogP contribution in [0.25, 0.3) is 0 Å². The number of rotatable bonds is 7. The standard InChI is InChI=1S/C17H21F6NO3/c1-10(2)15(26,17(21,22)23)8-14(25)24-11(3)12-5-4-6-13(7-12)27-9-16(18,19)20/h4-7,10-11,26H,8-9H2,1-3H3,(H,24,25)/t11-,15-/m0/s1. The van der Waals surface area contributed by atoms with Crippen molar-refractivity contribution in [2.45, 2.75) is 51.2 Å². The predicted octanol–water partition coefficient (Wildman–Crippen LogP) is 4.14. The Kier molecular flexibility index (Phi) is 7.15. The van der Waals surface area contributed by atoms with Gasteiger partial charge in [-0.05, 0) is 30.5 Å². The fourth-order valence-electron chi connectivity index (χ4n) is 2.29. The molecule has 2 N–H and O–H groups in total. The highest BCUT2D eigenvalue weighted by molar-refractivity contribution is 5.77. The molecule has 2 atom stereocenters. The number of carbonyl (C=O) groups excluding carboxylic acids is 1. The lowest BCUT2D eigenvalue weighted by Gasteiger charge is -2.33. The summed E-state index contributed by atoms with van der Waals surface area (Å²) in [6, 6.07) is 4.59. The molecule has 0 aliphatic rings. The van der Waals surface area contributed by atoms with Crippen LogP contribution in [0, 0.1) is 5.92 Å². The molecule has 27 heavy (non-hydrogen) atoms. The molecule has 0 spiro atoms. The van der Waals surface area contributed by atoms with E-state index in [-0.39, 0.29) is 5.75 Å². The monoisotopic (exact) mass is 401 g/mol. The van der Waals surface area contributed by atoms with Gasteiger partial charge in [0.1, 0.15) is 5.75 Å². The van der Waals surface area contributed by atoms with Gasteiger partial charge in [0.15, 0.2) is 12.2 Å². The number of hydrogen-bond donors (Lipinski definition) is 2. The number of hydrogen-bond acceptors (Lipinski definition) is 3. The average molecular weight is 401 g/mol. The van der Waals surface area contributed by atoms with E-state index in [4.69, 9.17) is 0 Å². The van der Waals surface area contributed by atoms with Gasteiger partial charge in [0.05, 0.1) is 12.5 Å². The summed E-state index contributed by atoms with van der Waals surface area (Å²) in [6.45, 7) is 2.24. The van der Waals surface area contributed by atoms with Gasteiger partial charge in [0.25, 0.3) is 0 Å². The largest absolute Gasteiger partial charge is 0.484 e. The Morgan fingerprint density at radius 3 is 2.22 bits per heavy atom. The highest BCUT2D eigenvalue weighted by atomic mass is 19.4. The third-order valence-corrected chi connectivity index (χ3v) is 4.01. The number of benzene rings is 1. The van der Waals surface area contributed by atoms with E-state index in [1.54, 1.807) is 0 Å². The van der Waals surface area contributed by atoms with Crippen molar-refractivity contribution in [2.24, 2.45) is 5.92 Å². The lowest BCUT2D eigenvalue weighted by atomic mass is 9.86. The molecular weight excluding hydrogens is 380 g/mol. The molecule has 1 aromatic carbocycles. The van der Waals surface area contributed by atoms with E-state index < -0.39 is 48.8 Å². The highest BCUT2D eigenvalue weighted by Crippen LogP contribution is 2.39. The van der Waals surface area contributed by atoms with Gasteiger partial charge >= 0.3 is 12.4 Å². The molecule has 0 saturated heterocycles. The number of halogens is 6. The molecule has 4 nitrogen and oxygen atoms in total. The van der Waals surface area contributed by atoms with E-state index in [9.17, 15) is 36.2 Å². The zero-order chi connectivity index (χ0) is 21.0. The second kappa shape index (κ2) is 8.37. The molecule has 10 heteroatoms. The van der Waals surface area contributed by atoms with Crippen LogP contribution in [0.4, 0.5) is 26.3 Å². The van der Waals surface area contributed by atoms with E-state index in [0.29, 0.717) is 5.56 Å². The molecule has 0 bridgehead atoms. The molecule has 0 unspecified atom stereocenters. The van der Waals surface area contributed by atoms with Gasteiger partial charge in [-0.3, -0.25) is 4.79 Å². The van der Waals surface area contributed by atoms with E-state index in [1.165, 1.54) is 31.2 Å². The normalized spacial score (nSPS) is 16.0. The van der Waals surface area contributed by atoms with Crippen LogP contribution in [0.3, 0.4) is 0 Å². The van der Waals surface area contributed by atoms with E-state index in [0.717, 1.165) is 13.8 Å². The predicted molar refractivity (Wildman–Crippen MR) is 85.0 cm³/mol. The van der Waals surface area contributed by atoms with Crippen LogP contribution in [0.2, 0.25) is 0 Å². The fraction of sp³-hybridized carbons (Fsp3) is 0.588. The molecule has 154 valence electrons. The Bertz CT molecular complexity index is 644. The number of alkyl halides is 6. The van der Waals surface area contributed by atoms with Crippen molar-refractivity contribution in [3.05, 3.63) is 29.8 Å². The number of aliphatic hydroxyl groups is 1. The SMILES string of the molecule is CC(C)[C@@](O)(CC(=O)N[C@@H](C)c1cccc(OCC(F)(F)F)c1)C(F)(F)F. The van der Waals surface area contributed by atoms with E-state index in [2.05, 4.69) is 10.1 Å². The van der Waals surface area contributed by atoms with Crippen molar-refractivity contribution >= 4 is 5.91 Å². The first-order valence-electron chi connectivity index (χ1n) is 8.03. The van der Waals surface area contributed by atoms with Gasteiger partial charge in [-0.15, -0.1) is 0 Å². The van der Waals surface area contributed by atoms with Gasteiger partial charge < -0.3 is 15.2 Å². The lowest BCUT2D eigenvalue weighted by molar-refractivity contribution is -0.276. The van der Waals surface area contributed by atoms with Crippen molar-refractivity contribution < 1.29 is 41.0 Å². The molecule has 0 aliphatic heterocycles. The van der Waals surface area contributed by atoms with E-state index >= 15 is 0 Å². The molecule has 0 aromatic heterocycles. The van der Waals surface area contributed by atoms with Crippen molar-refractivity contribution in [1.29, 1.82) is 0 Å². The Hall–Kier alpha value is -1.97. The zero-order valence-corrected chi connectivity index (χ0v) is 14.9. The summed E-state index contributed by atoms with van der Waals surface area (Å²) in [4.78, 5) is 12.0. The highest BCUT2D eigenvalue weighted by Gasteiger charge is 2.56. The molecular formula is C17H21F6NO3. The Morgan fingerprint density at radius 2 is 1.74 bits per heavy atom. The smallest absolute Gasteiger partial charge is 0.422 e. The quantitative estimate of drug-likeness (QED) is 0.675. The minimum Gasteiger partial charge on any atom is -0.484 e. The molecule has 0 radical (unpaired) electrons. The zero-order valence-electron chi connectivity index (χ0n) is 14.9. The number of ether oxygens (including phenoxy) is 1. The number of amides is 1. The fourth-order valence-corrected chi connectivity index (χ4v) is 2.29. The molecule has 1 rings (SSSR count). The second-order valence-corrected chi connectivity index (χ2v) is 6.52. The Morgan fingerprint density at radius 1 is 1.15 bits per heavy atom. The first kappa shape index (κ1) is 23.1. The van der Waals surface area contributed by atoms with Crippen LogP contribution in [0.1, 0.15) is 38.8 Å². The molecule has 1 aromatic rings. The summed E-state index contributed by atoms with van der Waals surface area (Å²) in [6.07, 6.45) is -10.7. The topological polar surface area (TPSA) is 58.6 Å². The van der Waals surface area contributed by atoms with Crippen molar-refractivity contribution in [2.75, 3.05) is 6.61 Å². The van der Waals surface area contributed by atoms with Gasteiger partial charge in [-0.25, -0.2) is 0 Å². The van der Waals surface area contributed by atoms with Crippen LogP contribution in [0.15, 0.2) is 24.3 Å². The minimum absolute atomic E-state index is 0.0973. The van der Waals surface area contributed by atoms with Crippen molar-refractivity contribution in [1.82, 2.24) is 5.32 Å². The van der Waals surface area contributed by atoms with Crippen LogP contribution in [0.5, 0.6) is 5.75 Å². The van der Waals surface area contributed by atoms with Crippen LogP contribution in [-0.2, 0) is 4.79 Å². The maximum Gasteiger partial charge on any atom is 0.422 e. The van der Waals surface area contributed by atoms with Gasteiger partial charge in [-0.2, -0.15) is 26.3 Å². The minimum atomic E-state index is -4.99. The average Bonchev–Trinajstić information content (AvgIpc) is 2.51. The molecule has 0 aliphatic carbocycles. The number of nitrogens with one attached hydrogen (secondary N) is 1. The van der Waals surface area contributed by atoms with E-state index in [1.807, 2.05) is 0 Å². The molecule has 1 amide bonds. The summed E-state index contributed by atoms with van der Waals surface area (Å²) < 4.78 is 80.4. The first-order chi connectivity index (χ1) is 12.2. The first-order valence-corrected chi connectivity index (χ1v) is 8.03. The third kappa shape index (κ3) is 6.60. The van der Waals surface area contributed by atoms with Crippen molar-refractivity contribution in [3.63, 3.8) is 0 Å². The van der Waals surface area contributed by atoms with Gasteiger partial charge in [0.2, 0.25) is 5.91 Å². The van der Waals surface area contributed by atoms with Gasteiger partial charge in [-0.1, -0.05) is 26.0 Å². The summed E-state index contributed by atoms with van der Waals surface area (Å²) in [7, 11) is 0. The molecule has 0 saturated carbocycles. The summed E-state index contributed by atoms with van der Waals surface area (Å²) >= 11 is 0. The second-order valence-electron chi connectivity index (χ2n) is 6.52. The summed E-state index contributed by atoms with van der Waals surface area (Å²) in [5.74, 6) is -2.39. The third-order valence-electron chi connectivity index (χ3n) is 4.01. The van der Waals surface area contributed by atoms with Crippen LogP contribution in [-0.4, -0.2) is 35.6 Å². The lowest BCUT2D eigenvalue weighted by Crippen LogP contribution is -2.52. The summed E-state index contributed by atoms with van der Waals surface area (Å²) in [5.41, 5.74) is -2.85. The Balaban J connectivity index is 2.81.